The predicted octanol–water partition coefficient (Wildman–Crippen LogP) is 3.82. The Morgan fingerprint density at radius 2 is 2.06 bits per heavy atom. The van der Waals surface area contributed by atoms with Gasteiger partial charge in [-0.2, -0.15) is 0 Å². The average Bonchev–Trinajstić information content (AvgIpc) is 3.10. The quantitative estimate of drug-likeness (QED) is 0.518. The van der Waals surface area contributed by atoms with Gasteiger partial charge in [0.25, 0.3) is 5.56 Å². The van der Waals surface area contributed by atoms with Crippen molar-refractivity contribution in [3.05, 3.63) is 88.5 Å². The lowest BCUT2D eigenvalue weighted by Crippen LogP contribution is -2.39. The van der Waals surface area contributed by atoms with Gasteiger partial charge in [-0.1, -0.05) is 46.7 Å². The molecule has 2 heterocycles. The topological polar surface area (TPSA) is 90.1 Å². The first-order chi connectivity index (χ1) is 16.2. The number of ether oxygens (including phenoxy) is 2. The highest BCUT2D eigenvalue weighted by molar-refractivity contribution is 7.07. The van der Waals surface area contributed by atoms with Gasteiger partial charge >= 0.3 is 5.97 Å². The predicted molar refractivity (Wildman–Crippen MR) is 132 cm³/mol. The number of aromatic hydroxyl groups is 1. The highest BCUT2D eigenvalue weighted by atomic mass is 35.5. The first kappa shape index (κ1) is 24.1. The van der Waals surface area contributed by atoms with Gasteiger partial charge in [-0.3, -0.25) is 9.36 Å². The van der Waals surface area contributed by atoms with Crippen LogP contribution in [0.25, 0.3) is 6.08 Å². The number of allylic oxidation sites excluding steroid dienone is 1. The van der Waals surface area contributed by atoms with E-state index in [1.807, 2.05) is 6.07 Å². The number of carbonyl (C=O) groups is 1. The number of aromatic nitrogens is 1. The van der Waals surface area contributed by atoms with Crippen LogP contribution in [0, 0.1) is 0 Å². The fourth-order valence-corrected chi connectivity index (χ4v) is 5.30. The maximum absolute atomic E-state index is 13.6. The number of esters is 1. The number of benzene rings is 2. The van der Waals surface area contributed by atoms with E-state index < -0.39 is 12.0 Å². The molecular weight excluding hydrogens is 499 g/mol. The molecule has 176 valence electrons. The molecular formula is C24H20Cl2N2O5S. The zero-order chi connectivity index (χ0) is 24.6. The lowest BCUT2D eigenvalue weighted by atomic mass is 9.95. The highest BCUT2D eigenvalue weighted by Gasteiger charge is 2.33. The van der Waals surface area contributed by atoms with Gasteiger partial charge < -0.3 is 14.6 Å². The molecule has 1 unspecified atom stereocenters. The van der Waals surface area contributed by atoms with Crippen molar-refractivity contribution in [1.82, 2.24) is 4.57 Å². The molecule has 34 heavy (non-hydrogen) atoms. The van der Waals surface area contributed by atoms with Crippen molar-refractivity contribution in [2.75, 3.05) is 13.7 Å². The van der Waals surface area contributed by atoms with Crippen LogP contribution in [-0.4, -0.2) is 29.4 Å². The summed E-state index contributed by atoms with van der Waals surface area (Å²) in [6.07, 6.45) is 1.50. The van der Waals surface area contributed by atoms with E-state index in [0.29, 0.717) is 32.4 Å². The number of hydrogen-bond donors (Lipinski definition) is 1. The minimum Gasteiger partial charge on any atom is -0.506 e. The second-order valence-electron chi connectivity index (χ2n) is 7.40. The molecule has 0 bridgehead atoms. The number of thiazole rings is 1. The van der Waals surface area contributed by atoms with Crippen molar-refractivity contribution in [3.63, 3.8) is 0 Å². The molecule has 0 fully saturated rings. The number of carbonyl (C=O) groups excluding carboxylic acids is 1. The molecule has 0 spiro atoms. The number of fused-ring (bicyclic) bond motifs is 1. The van der Waals surface area contributed by atoms with Crippen LogP contribution in [0.2, 0.25) is 10.0 Å². The summed E-state index contributed by atoms with van der Waals surface area (Å²) < 4.78 is 12.4. The average molecular weight is 519 g/mol. The third-order valence-electron chi connectivity index (χ3n) is 5.27. The lowest BCUT2D eigenvalue weighted by molar-refractivity contribution is -0.139. The van der Waals surface area contributed by atoms with Crippen molar-refractivity contribution in [2.24, 2.45) is 4.99 Å². The Kier molecular flexibility index (Phi) is 6.84. The minimum atomic E-state index is -0.774. The maximum Gasteiger partial charge on any atom is 0.338 e. The van der Waals surface area contributed by atoms with Gasteiger partial charge in [-0.25, -0.2) is 9.79 Å². The van der Waals surface area contributed by atoms with Crippen molar-refractivity contribution < 1.29 is 19.4 Å². The Labute approximate surface area is 208 Å². The molecule has 0 saturated carbocycles. The summed E-state index contributed by atoms with van der Waals surface area (Å²) in [5.74, 6) is -0.161. The largest absolute Gasteiger partial charge is 0.506 e. The Balaban J connectivity index is 1.99. The van der Waals surface area contributed by atoms with E-state index in [0.717, 1.165) is 11.3 Å². The van der Waals surface area contributed by atoms with Gasteiger partial charge in [-0.15, -0.1) is 0 Å². The van der Waals surface area contributed by atoms with Crippen LogP contribution >= 0.6 is 34.5 Å². The van der Waals surface area contributed by atoms with E-state index in [1.54, 1.807) is 39.2 Å². The van der Waals surface area contributed by atoms with E-state index in [1.165, 1.54) is 22.8 Å². The van der Waals surface area contributed by atoms with Crippen LogP contribution in [0.4, 0.5) is 0 Å². The minimum absolute atomic E-state index is 0.0706. The fraction of sp³-hybridized carbons (Fsp3) is 0.208. The summed E-state index contributed by atoms with van der Waals surface area (Å²) in [7, 11) is 1.54. The summed E-state index contributed by atoms with van der Waals surface area (Å²) in [6, 6.07) is 9.29. The zero-order valence-corrected chi connectivity index (χ0v) is 20.8. The number of methoxy groups -OCH3 is 1. The monoisotopic (exact) mass is 518 g/mol. The molecule has 0 aliphatic carbocycles. The van der Waals surface area contributed by atoms with Crippen molar-refractivity contribution in [2.45, 2.75) is 19.9 Å². The Bertz CT molecular complexity index is 1510. The molecule has 3 aromatic rings. The summed E-state index contributed by atoms with van der Waals surface area (Å²) >= 11 is 13.2. The van der Waals surface area contributed by atoms with Crippen LogP contribution < -0.4 is 19.6 Å². The van der Waals surface area contributed by atoms with Gasteiger partial charge in [0.15, 0.2) is 4.80 Å². The number of nitrogens with zero attached hydrogens (tertiary/aromatic N) is 2. The molecule has 1 aliphatic heterocycles. The van der Waals surface area contributed by atoms with Gasteiger partial charge in [0.05, 0.1) is 40.6 Å². The first-order valence-corrected chi connectivity index (χ1v) is 11.8. The first-order valence-electron chi connectivity index (χ1n) is 10.3. The molecule has 4 rings (SSSR count). The van der Waals surface area contributed by atoms with Crippen LogP contribution in [0.5, 0.6) is 11.5 Å². The fourth-order valence-electron chi connectivity index (χ4n) is 3.76. The molecule has 2 aromatic carbocycles. The zero-order valence-electron chi connectivity index (χ0n) is 18.5. The van der Waals surface area contributed by atoms with Gasteiger partial charge in [0, 0.05) is 10.6 Å². The van der Waals surface area contributed by atoms with E-state index in [-0.39, 0.29) is 33.0 Å². The Morgan fingerprint density at radius 1 is 1.29 bits per heavy atom. The maximum atomic E-state index is 13.6. The summed E-state index contributed by atoms with van der Waals surface area (Å²) in [6.45, 7) is 3.60. The molecule has 1 aromatic heterocycles. The van der Waals surface area contributed by atoms with E-state index >= 15 is 0 Å². The summed E-state index contributed by atoms with van der Waals surface area (Å²) in [5, 5.41) is 10.7. The van der Waals surface area contributed by atoms with E-state index in [2.05, 4.69) is 4.99 Å². The van der Waals surface area contributed by atoms with Crippen LogP contribution in [0.3, 0.4) is 0 Å². The van der Waals surface area contributed by atoms with Crippen LogP contribution in [0.1, 0.15) is 31.0 Å². The van der Waals surface area contributed by atoms with Crippen LogP contribution in [-0.2, 0) is 9.53 Å². The molecule has 7 nitrogen and oxygen atoms in total. The number of hydrogen-bond acceptors (Lipinski definition) is 7. The van der Waals surface area contributed by atoms with Crippen molar-refractivity contribution in [3.8, 4) is 11.5 Å². The standard InChI is InChI=1S/C24H20Cl2N2O5S/c1-4-33-23(31)19-12(2)27-24-28(20(19)13-6-5-7-16(9-13)32-3)22(30)18(34-24)10-14-8-15(25)11-17(26)21(14)29/h5-11,20,29H,4H2,1-3H3/b18-10-. The second kappa shape index (κ2) is 9.66. The lowest BCUT2D eigenvalue weighted by Gasteiger charge is -2.25. The number of phenols is 1. The van der Waals surface area contributed by atoms with Gasteiger partial charge in [0.2, 0.25) is 0 Å². The van der Waals surface area contributed by atoms with E-state index in [4.69, 9.17) is 32.7 Å². The van der Waals surface area contributed by atoms with Crippen LogP contribution in [0.15, 0.2) is 57.5 Å². The number of phenolic OH excluding ortho intramolecular Hbond substituents is 1. The van der Waals surface area contributed by atoms with Crippen molar-refractivity contribution in [1.29, 1.82) is 0 Å². The number of rotatable bonds is 5. The Hall–Kier alpha value is -3.07. The van der Waals surface area contributed by atoms with Gasteiger partial charge in [0.1, 0.15) is 11.5 Å². The highest BCUT2D eigenvalue weighted by Crippen LogP contribution is 2.33. The molecule has 1 aliphatic rings. The third-order valence-corrected chi connectivity index (χ3v) is 6.76. The number of halogens is 2. The van der Waals surface area contributed by atoms with E-state index in [9.17, 15) is 14.7 Å². The SMILES string of the molecule is CCOC(=O)C1=C(C)N=c2s/c(=C\c3cc(Cl)cc(Cl)c3O)c(=O)n2C1c1cccc(OC)c1. The second-order valence-corrected chi connectivity index (χ2v) is 9.26. The van der Waals surface area contributed by atoms with Crippen molar-refractivity contribution >= 4 is 46.6 Å². The molecule has 10 heteroatoms. The third kappa shape index (κ3) is 4.36. The molecule has 0 amide bonds. The molecule has 1 N–H and O–H groups in total. The Morgan fingerprint density at radius 3 is 2.76 bits per heavy atom. The molecule has 0 saturated heterocycles. The molecule has 0 radical (unpaired) electrons. The summed E-state index contributed by atoms with van der Waals surface area (Å²) in [4.78, 5) is 31.5. The van der Waals surface area contributed by atoms with Gasteiger partial charge in [-0.05, 0) is 49.8 Å². The smallest absolute Gasteiger partial charge is 0.338 e. The normalized spacial score (nSPS) is 15.7. The molecule has 1 atom stereocenters. The summed E-state index contributed by atoms with van der Waals surface area (Å²) in [5.41, 5.74) is 1.29.